The third-order valence-corrected chi connectivity index (χ3v) is 4.12. The van der Waals surface area contributed by atoms with Crippen molar-refractivity contribution in [2.45, 2.75) is 52.1 Å². The van der Waals surface area contributed by atoms with Gasteiger partial charge in [-0.3, -0.25) is 9.69 Å². The van der Waals surface area contributed by atoms with Crippen molar-refractivity contribution < 1.29 is 15.0 Å². The van der Waals surface area contributed by atoms with E-state index in [9.17, 15) is 9.90 Å². The lowest BCUT2D eigenvalue weighted by Crippen LogP contribution is -2.37. The zero-order chi connectivity index (χ0) is 14.7. The van der Waals surface area contributed by atoms with Crippen molar-refractivity contribution in [3.63, 3.8) is 0 Å². The minimum absolute atomic E-state index is 0.0869. The van der Waals surface area contributed by atoms with Crippen LogP contribution in [0.1, 0.15) is 42.4 Å². The lowest BCUT2D eigenvalue weighted by molar-refractivity contribution is -0.139. The summed E-state index contributed by atoms with van der Waals surface area (Å²) in [6.45, 7) is 4.48. The van der Waals surface area contributed by atoms with E-state index in [-0.39, 0.29) is 6.54 Å². The average Bonchev–Trinajstić information content (AvgIpc) is 2.88. The Kier molecular flexibility index (Phi) is 4.65. The van der Waals surface area contributed by atoms with E-state index in [2.05, 4.69) is 4.90 Å². The number of aryl methyl sites for hydroxylation is 2. The molecule has 0 bridgehead atoms. The molecule has 1 saturated carbocycles. The van der Waals surface area contributed by atoms with Gasteiger partial charge in [0, 0.05) is 12.6 Å². The molecule has 1 aromatic carbocycles. The maximum absolute atomic E-state index is 11.1. The molecule has 2 N–H and O–H groups in total. The quantitative estimate of drug-likeness (QED) is 0.869. The van der Waals surface area contributed by atoms with E-state index in [1.165, 1.54) is 12.8 Å². The van der Waals surface area contributed by atoms with E-state index in [1.54, 1.807) is 0 Å². The summed E-state index contributed by atoms with van der Waals surface area (Å²) in [5.74, 6) is -0.441. The number of benzene rings is 1. The van der Waals surface area contributed by atoms with Gasteiger partial charge in [0.05, 0.1) is 6.54 Å². The summed E-state index contributed by atoms with van der Waals surface area (Å²) in [5, 5.41) is 18.9. The molecule has 0 aliphatic heterocycles. The summed E-state index contributed by atoms with van der Waals surface area (Å²) in [4.78, 5) is 13.1. The number of hydrogen-bond acceptors (Lipinski definition) is 3. The number of aromatic hydroxyl groups is 1. The molecule has 4 heteroatoms. The normalized spacial score (nSPS) is 15.9. The molecule has 2 rings (SSSR count). The van der Waals surface area contributed by atoms with Crippen LogP contribution < -0.4 is 0 Å². The van der Waals surface area contributed by atoms with Crippen molar-refractivity contribution in [1.29, 1.82) is 0 Å². The zero-order valence-corrected chi connectivity index (χ0v) is 12.2. The van der Waals surface area contributed by atoms with Gasteiger partial charge in [-0.05, 0) is 43.4 Å². The lowest BCUT2D eigenvalue weighted by Gasteiger charge is -2.27. The number of phenols is 1. The van der Waals surface area contributed by atoms with Crippen LogP contribution in [-0.2, 0) is 11.3 Å². The van der Waals surface area contributed by atoms with Crippen LogP contribution in [0.4, 0.5) is 0 Å². The smallest absolute Gasteiger partial charge is 0.317 e. The molecule has 0 radical (unpaired) electrons. The molecule has 1 aromatic rings. The molecule has 0 heterocycles. The number of hydrogen-bond donors (Lipinski definition) is 2. The average molecular weight is 277 g/mol. The molecule has 0 saturated heterocycles. The van der Waals surface area contributed by atoms with Crippen molar-refractivity contribution in [3.05, 3.63) is 28.8 Å². The first-order valence-electron chi connectivity index (χ1n) is 7.22. The number of carboxylic acid groups (broad SMARTS) is 1. The van der Waals surface area contributed by atoms with E-state index in [0.29, 0.717) is 18.3 Å². The molecular formula is C16H23NO3. The maximum Gasteiger partial charge on any atom is 0.317 e. The van der Waals surface area contributed by atoms with Crippen molar-refractivity contribution in [3.8, 4) is 5.75 Å². The molecule has 110 valence electrons. The highest BCUT2D eigenvalue weighted by Gasteiger charge is 2.24. The number of rotatable bonds is 5. The highest BCUT2D eigenvalue weighted by atomic mass is 16.4. The SMILES string of the molecule is Cc1cc(CN(CC(=O)O)C2CCCC2)cc(C)c1O. The largest absolute Gasteiger partial charge is 0.507 e. The minimum atomic E-state index is -0.774. The van der Waals surface area contributed by atoms with Gasteiger partial charge in [0.1, 0.15) is 5.75 Å². The van der Waals surface area contributed by atoms with Gasteiger partial charge in [-0.15, -0.1) is 0 Å². The second kappa shape index (κ2) is 6.27. The number of phenolic OH excluding ortho intramolecular Hbond substituents is 1. The molecule has 0 spiro atoms. The van der Waals surface area contributed by atoms with Gasteiger partial charge in [0.15, 0.2) is 0 Å². The summed E-state index contributed by atoms with van der Waals surface area (Å²) in [5.41, 5.74) is 2.77. The molecule has 0 atom stereocenters. The summed E-state index contributed by atoms with van der Waals surface area (Å²) in [6, 6.07) is 4.28. The van der Waals surface area contributed by atoms with Crippen LogP contribution in [0.2, 0.25) is 0 Å². The van der Waals surface area contributed by atoms with Crippen LogP contribution in [0, 0.1) is 13.8 Å². The second-order valence-corrected chi connectivity index (χ2v) is 5.82. The molecule has 1 aliphatic carbocycles. The molecule has 1 fully saturated rings. The van der Waals surface area contributed by atoms with Crippen LogP contribution in [0.5, 0.6) is 5.75 Å². The Balaban J connectivity index is 2.16. The van der Waals surface area contributed by atoms with E-state index in [4.69, 9.17) is 5.11 Å². The molecule has 4 nitrogen and oxygen atoms in total. The van der Waals surface area contributed by atoms with E-state index < -0.39 is 5.97 Å². The van der Waals surface area contributed by atoms with Gasteiger partial charge in [-0.1, -0.05) is 25.0 Å². The Morgan fingerprint density at radius 2 is 1.80 bits per heavy atom. The van der Waals surface area contributed by atoms with Gasteiger partial charge in [0.2, 0.25) is 0 Å². The Morgan fingerprint density at radius 3 is 2.30 bits per heavy atom. The fourth-order valence-corrected chi connectivity index (χ4v) is 3.13. The lowest BCUT2D eigenvalue weighted by atomic mass is 10.0. The first-order valence-corrected chi connectivity index (χ1v) is 7.22. The van der Waals surface area contributed by atoms with Gasteiger partial charge in [-0.2, -0.15) is 0 Å². The van der Waals surface area contributed by atoms with Crippen LogP contribution in [0.3, 0.4) is 0 Å². The highest BCUT2D eigenvalue weighted by Crippen LogP contribution is 2.27. The summed E-state index contributed by atoms with van der Waals surface area (Å²) in [7, 11) is 0. The van der Waals surface area contributed by atoms with Gasteiger partial charge in [0.25, 0.3) is 0 Å². The van der Waals surface area contributed by atoms with Crippen molar-refractivity contribution in [2.75, 3.05) is 6.54 Å². The fourth-order valence-electron chi connectivity index (χ4n) is 3.13. The molecule has 1 aliphatic rings. The summed E-state index contributed by atoms with van der Waals surface area (Å²) in [6.07, 6.45) is 4.55. The first-order chi connectivity index (χ1) is 9.47. The number of carbonyl (C=O) groups is 1. The topological polar surface area (TPSA) is 60.8 Å². The highest BCUT2D eigenvalue weighted by molar-refractivity contribution is 5.69. The van der Waals surface area contributed by atoms with Crippen molar-refractivity contribution in [2.24, 2.45) is 0 Å². The Bertz CT molecular complexity index is 469. The molecule has 0 amide bonds. The van der Waals surface area contributed by atoms with Gasteiger partial charge >= 0.3 is 5.97 Å². The van der Waals surface area contributed by atoms with Crippen LogP contribution >= 0.6 is 0 Å². The van der Waals surface area contributed by atoms with Crippen LogP contribution in [-0.4, -0.2) is 33.7 Å². The standard InChI is InChI=1S/C16H23NO3/c1-11-7-13(8-12(2)16(11)20)9-17(10-15(18)19)14-5-3-4-6-14/h7-8,14,20H,3-6,9-10H2,1-2H3,(H,18,19). The number of aliphatic carboxylic acids is 1. The molecule has 0 unspecified atom stereocenters. The third kappa shape index (κ3) is 3.51. The molecule has 20 heavy (non-hydrogen) atoms. The zero-order valence-electron chi connectivity index (χ0n) is 12.2. The van der Waals surface area contributed by atoms with Gasteiger partial charge in [-0.25, -0.2) is 0 Å². The Labute approximate surface area is 120 Å². The predicted octanol–water partition coefficient (Wildman–Crippen LogP) is 2.84. The monoisotopic (exact) mass is 277 g/mol. The van der Waals surface area contributed by atoms with Crippen molar-refractivity contribution >= 4 is 5.97 Å². The Morgan fingerprint density at radius 1 is 1.25 bits per heavy atom. The van der Waals surface area contributed by atoms with E-state index in [0.717, 1.165) is 29.5 Å². The minimum Gasteiger partial charge on any atom is -0.507 e. The molecular weight excluding hydrogens is 254 g/mol. The van der Waals surface area contributed by atoms with Gasteiger partial charge < -0.3 is 10.2 Å². The van der Waals surface area contributed by atoms with Crippen molar-refractivity contribution in [1.82, 2.24) is 4.90 Å². The third-order valence-electron chi connectivity index (χ3n) is 4.12. The van der Waals surface area contributed by atoms with Crippen LogP contribution in [0.25, 0.3) is 0 Å². The van der Waals surface area contributed by atoms with E-state index >= 15 is 0 Å². The second-order valence-electron chi connectivity index (χ2n) is 5.82. The predicted molar refractivity (Wildman–Crippen MR) is 77.9 cm³/mol. The first kappa shape index (κ1) is 14.9. The van der Waals surface area contributed by atoms with Crippen LogP contribution in [0.15, 0.2) is 12.1 Å². The fraction of sp³-hybridized carbons (Fsp3) is 0.562. The number of carboxylic acids is 1. The maximum atomic E-state index is 11.1. The summed E-state index contributed by atoms with van der Waals surface area (Å²) < 4.78 is 0. The Hall–Kier alpha value is -1.55. The van der Waals surface area contributed by atoms with E-state index in [1.807, 2.05) is 26.0 Å². The summed E-state index contributed by atoms with van der Waals surface area (Å²) >= 11 is 0. The molecule has 0 aromatic heterocycles. The number of nitrogens with zero attached hydrogens (tertiary/aromatic N) is 1.